The molecule has 0 aliphatic carbocycles. The van der Waals surface area contributed by atoms with Crippen LogP contribution in [0.3, 0.4) is 0 Å². The monoisotopic (exact) mass is 612 g/mol. The van der Waals surface area contributed by atoms with Gasteiger partial charge in [-0.05, 0) is 82.9 Å². The van der Waals surface area contributed by atoms with Crippen molar-refractivity contribution in [3.63, 3.8) is 0 Å². The molecule has 10 rings (SSSR count). The van der Waals surface area contributed by atoms with Gasteiger partial charge in [0.2, 0.25) is 0 Å². The highest BCUT2D eigenvalue weighted by Crippen LogP contribution is 2.38. The highest BCUT2D eigenvalue weighted by atomic mass is 15.1. The summed E-state index contributed by atoms with van der Waals surface area (Å²) in [4.78, 5) is 9.57. The van der Waals surface area contributed by atoms with Gasteiger partial charge in [-0.1, -0.05) is 97.1 Å². The Morgan fingerprint density at radius 2 is 0.854 bits per heavy atom. The zero-order valence-electron chi connectivity index (χ0n) is 26.0. The molecule has 0 atom stereocenters. The van der Waals surface area contributed by atoms with Crippen LogP contribution in [0.15, 0.2) is 170 Å². The third-order valence-electron chi connectivity index (χ3n) is 9.64. The zero-order valence-corrected chi connectivity index (χ0v) is 26.0. The average molecular weight is 613 g/mol. The van der Waals surface area contributed by atoms with Crippen molar-refractivity contribution in [3.8, 4) is 33.8 Å². The number of rotatable bonds is 4. The van der Waals surface area contributed by atoms with Crippen LogP contribution in [0.2, 0.25) is 0 Å². The maximum Gasteiger partial charge on any atom is 0.138 e. The predicted molar refractivity (Wildman–Crippen MR) is 199 cm³/mol. The second-order valence-electron chi connectivity index (χ2n) is 12.3. The number of hydrogen-bond donors (Lipinski definition) is 0. The van der Waals surface area contributed by atoms with Crippen LogP contribution in [-0.4, -0.2) is 19.1 Å². The number of para-hydroxylation sites is 4. The molecule has 0 spiro atoms. The van der Waals surface area contributed by atoms with E-state index in [9.17, 15) is 0 Å². The molecule has 0 amide bonds. The summed E-state index contributed by atoms with van der Waals surface area (Å²) in [5.41, 5.74) is 11.3. The lowest BCUT2D eigenvalue weighted by Crippen LogP contribution is -2.00. The molecule has 6 aromatic carbocycles. The Balaban J connectivity index is 1.25. The molecule has 0 N–H and O–H groups in total. The predicted octanol–water partition coefficient (Wildman–Crippen LogP) is 11.2. The molecule has 0 unspecified atom stereocenters. The van der Waals surface area contributed by atoms with Crippen molar-refractivity contribution in [3.05, 3.63) is 170 Å². The van der Waals surface area contributed by atoms with E-state index in [1.807, 2.05) is 12.4 Å². The largest absolute Gasteiger partial charge is 0.309 e. The Labute approximate surface area is 276 Å². The molecular formula is C44H28N4. The van der Waals surface area contributed by atoms with Crippen molar-refractivity contribution in [2.75, 3.05) is 0 Å². The van der Waals surface area contributed by atoms with Gasteiger partial charge in [0.1, 0.15) is 5.82 Å². The Hall–Kier alpha value is -6.52. The maximum atomic E-state index is 5.36. The summed E-state index contributed by atoms with van der Waals surface area (Å²) in [6, 6.07) is 56.5. The summed E-state index contributed by atoms with van der Waals surface area (Å²) in [6.45, 7) is 0. The minimum Gasteiger partial charge on any atom is -0.309 e. The lowest BCUT2D eigenvalue weighted by atomic mass is 9.97. The smallest absolute Gasteiger partial charge is 0.138 e. The van der Waals surface area contributed by atoms with E-state index < -0.39 is 0 Å². The first-order chi connectivity index (χ1) is 23.8. The van der Waals surface area contributed by atoms with Gasteiger partial charge in [0.15, 0.2) is 0 Å². The van der Waals surface area contributed by atoms with E-state index >= 15 is 0 Å². The van der Waals surface area contributed by atoms with Gasteiger partial charge in [-0.3, -0.25) is 9.55 Å². The van der Waals surface area contributed by atoms with Crippen LogP contribution in [0.4, 0.5) is 0 Å². The van der Waals surface area contributed by atoms with Crippen molar-refractivity contribution in [1.82, 2.24) is 19.1 Å². The van der Waals surface area contributed by atoms with Crippen LogP contribution in [0.25, 0.3) is 88.3 Å². The van der Waals surface area contributed by atoms with Gasteiger partial charge in [-0.25, -0.2) is 4.98 Å². The fraction of sp³-hybridized carbons (Fsp3) is 0. The molecule has 0 bridgehead atoms. The second-order valence-corrected chi connectivity index (χ2v) is 12.3. The lowest BCUT2D eigenvalue weighted by Gasteiger charge is -2.15. The van der Waals surface area contributed by atoms with Gasteiger partial charge in [-0.2, -0.15) is 0 Å². The van der Waals surface area contributed by atoms with Gasteiger partial charge >= 0.3 is 0 Å². The number of hydrogen-bond acceptors (Lipinski definition) is 2. The van der Waals surface area contributed by atoms with Crippen LogP contribution in [-0.2, 0) is 0 Å². The summed E-state index contributed by atoms with van der Waals surface area (Å²) in [7, 11) is 0. The number of pyridine rings is 2. The molecule has 0 fully saturated rings. The number of benzene rings is 6. The van der Waals surface area contributed by atoms with Crippen LogP contribution < -0.4 is 0 Å². The normalized spacial score (nSPS) is 11.8. The molecule has 0 saturated heterocycles. The van der Waals surface area contributed by atoms with Crippen LogP contribution in [0, 0.1) is 0 Å². The van der Waals surface area contributed by atoms with Crippen molar-refractivity contribution in [1.29, 1.82) is 0 Å². The Morgan fingerprint density at radius 3 is 1.42 bits per heavy atom. The van der Waals surface area contributed by atoms with Gasteiger partial charge in [0.25, 0.3) is 0 Å². The van der Waals surface area contributed by atoms with Crippen LogP contribution in [0.1, 0.15) is 0 Å². The summed E-state index contributed by atoms with van der Waals surface area (Å²) >= 11 is 0. The molecule has 4 nitrogen and oxygen atoms in total. The quantitative estimate of drug-likeness (QED) is 0.198. The van der Waals surface area contributed by atoms with Crippen molar-refractivity contribution in [2.24, 2.45) is 0 Å². The first-order valence-corrected chi connectivity index (χ1v) is 16.2. The van der Waals surface area contributed by atoms with E-state index in [4.69, 9.17) is 4.98 Å². The third-order valence-corrected chi connectivity index (χ3v) is 9.64. The fourth-order valence-corrected chi connectivity index (χ4v) is 7.45. The maximum absolute atomic E-state index is 5.36. The molecule has 0 aliphatic heterocycles. The number of nitrogens with zero attached hydrogens (tertiary/aromatic N) is 4. The van der Waals surface area contributed by atoms with E-state index in [-0.39, 0.29) is 0 Å². The summed E-state index contributed by atoms with van der Waals surface area (Å²) in [5, 5.41) is 6.05. The SMILES string of the molecule is c1ccc2c(c1)c1ccccc1n2-c1ccc2nc(-n3c4ccccc4c4ccccc43)cc(-c3ccc(-c4ccncc4)cc3)c2c1. The molecule has 48 heavy (non-hydrogen) atoms. The number of fused-ring (bicyclic) bond motifs is 7. The Morgan fingerprint density at radius 1 is 0.375 bits per heavy atom. The average Bonchev–Trinajstić information content (AvgIpc) is 3.68. The molecular weight excluding hydrogens is 585 g/mol. The zero-order chi connectivity index (χ0) is 31.6. The fourth-order valence-electron chi connectivity index (χ4n) is 7.45. The minimum atomic E-state index is 0.901. The third kappa shape index (κ3) is 4.03. The molecule has 10 aromatic rings. The van der Waals surface area contributed by atoms with Crippen molar-refractivity contribution < 1.29 is 0 Å². The summed E-state index contributed by atoms with van der Waals surface area (Å²) in [6.07, 6.45) is 3.68. The van der Waals surface area contributed by atoms with Crippen molar-refractivity contribution >= 4 is 54.5 Å². The van der Waals surface area contributed by atoms with Gasteiger partial charge in [-0.15, -0.1) is 0 Å². The van der Waals surface area contributed by atoms with E-state index in [1.165, 1.54) is 32.6 Å². The van der Waals surface area contributed by atoms with Gasteiger partial charge in [0, 0.05) is 45.0 Å². The number of aromatic nitrogens is 4. The molecule has 4 aromatic heterocycles. The van der Waals surface area contributed by atoms with Crippen molar-refractivity contribution in [2.45, 2.75) is 0 Å². The lowest BCUT2D eigenvalue weighted by molar-refractivity contribution is 1.10. The van der Waals surface area contributed by atoms with Crippen LogP contribution >= 0.6 is 0 Å². The minimum absolute atomic E-state index is 0.901. The topological polar surface area (TPSA) is 35.6 Å². The molecule has 0 radical (unpaired) electrons. The highest BCUT2D eigenvalue weighted by Gasteiger charge is 2.18. The summed E-state index contributed by atoms with van der Waals surface area (Å²) < 4.78 is 4.68. The molecule has 224 valence electrons. The first kappa shape index (κ1) is 26.7. The van der Waals surface area contributed by atoms with E-state index in [0.29, 0.717) is 0 Å². The van der Waals surface area contributed by atoms with E-state index in [1.54, 1.807) is 0 Å². The first-order valence-electron chi connectivity index (χ1n) is 16.2. The van der Waals surface area contributed by atoms with E-state index in [2.05, 4.69) is 172 Å². The molecule has 4 heterocycles. The molecule has 0 aliphatic rings. The highest BCUT2D eigenvalue weighted by molar-refractivity contribution is 6.11. The molecule has 4 heteroatoms. The van der Waals surface area contributed by atoms with Gasteiger partial charge in [0.05, 0.1) is 27.6 Å². The van der Waals surface area contributed by atoms with Gasteiger partial charge < -0.3 is 4.57 Å². The molecule has 0 saturated carbocycles. The van der Waals surface area contributed by atoms with Crippen LogP contribution in [0.5, 0.6) is 0 Å². The standard InChI is InChI=1S/C44H28N4/c1-5-13-40-33(9-1)34-10-2-6-14-41(34)47(40)32-21-22-39-38(27-32)37(31-19-17-29(18-20-31)30-23-25-45-26-24-30)28-44(46-39)48-42-15-7-3-11-35(42)36-12-4-8-16-43(36)48/h1-28H. The Bertz CT molecular complexity index is 2720. The second kappa shape index (κ2) is 10.5. The Kier molecular flexibility index (Phi) is 5.84. The summed E-state index contributed by atoms with van der Waals surface area (Å²) in [5.74, 6) is 0.901. The van der Waals surface area contributed by atoms with E-state index in [0.717, 1.165) is 55.7 Å².